The predicted molar refractivity (Wildman–Crippen MR) is 127 cm³/mol. The largest absolute Gasteiger partial charge is 0.324 e. The van der Waals surface area contributed by atoms with E-state index in [4.69, 9.17) is 4.98 Å². The second kappa shape index (κ2) is 8.75. The number of halogens is 1. The zero-order chi connectivity index (χ0) is 23.8. The molecule has 4 aromatic rings. The van der Waals surface area contributed by atoms with Gasteiger partial charge in [0.2, 0.25) is 0 Å². The van der Waals surface area contributed by atoms with Crippen molar-refractivity contribution in [2.45, 2.75) is 26.2 Å². The highest BCUT2D eigenvalue weighted by Crippen LogP contribution is 2.32. The van der Waals surface area contributed by atoms with Crippen molar-refractivity contribution < 1.29 is 14.1 Å². The standard InChI is InChI=1S/C23H19FN6O3S/c1-13-2-4-14(5-3-13)20-26-21(28-23(31)18-10-11-19(34-18)30(32)33)17-12-25-29(22(17)27-20)16-8-6-15(24)7-9-16/h4,6-13H,2-3,5H2,1H3,(H,26,27,28,31). The van der Waals surface area contributed by atoms with Crippen molar-refractivity contribution in [2.75, 3.05) is 5.32 Å². The Morgan fingerprint density at radius 2 is 2.03 bits per heavy atom. The SMILES string of the molecule is CC1CC=C(c2nc(NC(=O)c3ccc([N+](=O)[O-])s3)c3cnn(-c4ccc(F)cc4)c3n2)CC1. The number of amides is 1. The highest BCUT2D eigenvalue weighted by molar-refractivity contribution is 7.17. The van der Waals surface area contributed by atoms with E-state index in [-0.39, 0.29) is 21.5 Å². The van der Waals surface area contributed by atoms with Gasteiger partial charge in [-0.25, -0.2) is 19.0 Å². The van der Waals surface area contributed by atoms with Crippen LogP contribution in [0, 0.1) is 21.8 Å². The number of anilines is 1. The quantitative estimate of drug-likeness (QED) is 0.304. The van der Waals surface area contributed by atoms with Crippen LogP contribution in [0.3, 0.4) is 0 Å². The maximum absolute atomic E-state index is 13.4. The van der Waals surface area contributed by atoms with Gasteiger partial charge in [-0.05, 0) is 61.1 Å². The smallest absolute Gasteiger partial charge is 0.305 e. The molecule has 1 aliphatic rings. The molecule has 34 heavy (non-hydrogen) atoms. The molecule has 3 aromatic heterocycles. The lowest BCUT2D eigenvalue weighted by Gasteiger charge is -2.18. The number of fused-ring (bicyclic) bond motifs is 1. The number of nitrogens with zero attached hydrogens (tertiary/aromatic N) is 5. The van der Waals surface area contributed by atoms with Crippen LogP contribution in [0.15, 0.2) is 48.7 Å². The fourth-order valence-corrected chi connectivity index (χ4v) is 4.52. The van der Waals surface area contributed by atoms with Gasteiger partial charge < -0.3 is 5.32 Å². The van der Waals surface area contributed by atoms with Gasteiger partial charge in [0.1, 0.15) is 11.6 Å². The molecule has 0 radical (unpaired) electrons. The molecule has 172 valence electrons. The number of carbonyl (C=O) groups is 1. The first-order valence-corrected chi connectivity index (χ1v) is 11.5. The highest BCUT2D eigenvalue weighted by atomic mass is 32.1. The molecule has 0 saturated heterocycles. The van der Waals surface area contributed by atoms with Gasteiger partial charge in [-0.3, -0.25) is 14.9 Å². The van der Waals surface area contributed by atoms with E-state index in [2.05, 4.69) is 28.4 Å². The second-order valence-corrected chi connectivity index (χ2v) is 9.19. The first-order valence-electron chi connectivity index (χ1n) is 10.7. The molecule has 1 N–H and O–H groups in total. The number of aromatic nitrogens is 4. The summed E-state index contributed by atoms with van der Waals surface area (Å²) in [5.74, 6) is 0.440. The van der Waals surface area contributed by atoms with E-state index < -0.39 is 10.8 Å². The maximum Gasteiger partial charge on any atom is 0.324 e. The Labute approximate surface area is 197 Å². The van der Waals surface area contributed by atoms with E-state index in [9.17, 15) is 19.3 Å². The maximum atomic E-state index is 13.4. The monoisotopic (exact) mass is 478 g/mol. The summed E-state index contributed by atoms with van der Waals surface area (Å²) >= 11 is 0.787. The van der Waals surface area contributed by atoms with Gasteiger partial charge in [0, 0.05) is 6.07 Å². The van der Waals surface area contributed by atoms with E-state index in [1.807, 2.05) is 0 Å². The van der Waals surface area contributed by atoms with Crippen molar-refractivity contribution in [3.8, 4) is 5.69 Å². The van der Waals surface area contributed by atoms with Gasteiger partial charge in [0.15, 0.2) is 11.5 Å². The van der Waals surface area contributed by atoms with E-state index in [1.165, 1.54) is 30.5 Å². The van der Waals surface area contributed by atoms with Gasteiger partial charge >= 0.3 is 5.00 Å². The third-order valence-electron chi connectivity index (χ3n) is 5.69. The number of carbonyl (C=O) groups excluding carboxylic acids is 1. The first kappa shape index (κ1) is 21.8. The zero-order valence-corrected chi connectivity index (χ0v) is 18.9. The minimum absolute atomic E-state index is 0.121. The minimum atomic E-state index is -0.536. The summed E-state index contributed by atoms with van der Waals surface area (Å²) < 4.78 is 15.0. The molecule has 0 fully saturated rings. The summed E-state index contributed by atoms with van der Waals surface area (Å²) in [4.78, 5) is 32.9. The number of nitrogens with one attached hydrogen (secondary N) is 1. The molecule has 1 atom stereocenters. The number of nitro groups is 1. The molecule has 0 spiro atoms. The van der Waals surface area contributed by atoms with Gasteiger partial charge in [-0.2, -0.15) is 5.10 Å². The average molecular weight is 479 g/mol. The average Bonchev–Trinajstić information content (AvgIpc) is 3.48. The van der Waals surface area contributed by atoms with Crippen molar-refractivity contribution in [3.05, 3.63) is 75.3 Å². The normalized spacial score (nSPS) is 15.8. The molecule has 0 saturated carbocycles. The minimum Gasteiger partial charge on any atom is -0.305 e. The summed E-state index contributed by atoms with van der Waals surface area (Å²) in [5, 5.41) is 18.5. The number of allylic oxidation sites excluding steroid dienone is 2. The van der Waals surface area contributed by atoms with Crippen LogP contribution < -0.4 is 5.32 Å². The lowest BCUT2D eigenvalue weighted by molar-refractivity contribution is -0.380. The molecule has 11 heteroatoms. The van der Waals surface area contributed by atoms with Crippen molar-refractivity contribution in [3.63, 3.8) is 0 Å². The van der Waals surface area contributed by atoms with Crippen LogP contribution in [-0.4, -0.2) is 30.6 Å². The molecule has 1 amide bonds. The van der Waals surface area contributed by atoms with E-state index in [0.717, 1.165) is 36.2 Å². The van der Waals surface area contributed by atoms with E-state index in [1.54, 1.807) is 16.8 Å². The number of hydrogen-bond acceptors (Lipinski definition) is 7. The van der Waals surface area contributed by atoms with Crippen LogP contribution in [0.5, 0.6) is 0 Å². The number of rotatable bonds is 5. The van der Waals surface area contributed by atoms with Crippen LogP contribution in [0.2, 0.25) is 0 Å². The first-order chi connectivity index (χ1) is 16.4. The van der Waals surface area contributed by atoms with E-state index >= 15 is 0 Å². The molecular weight excluding hydrogens is 459 g/mol. The van der Waals surface area contributed by atoms with Gasteiger partial charge in [0.25, 0.3) is 5.91 Å². The molecule has 0 bridgehead atoms. The summed E-state index contributed by atoms with van der Waals surface area (Å²) in [6, 6.07) is 8.55. The predicted octanol–water partition coefficient (Wildman–Crippen LogP) is 5.38. The fourth-order valence-electron chi connectivity index (χ4n) is 3.80. The van der Waals surface area contributed by atoms with E-state index in [0.29, 0.717) is 28.5 Å². The van der Waals surface area contributed by atoms with Crippen molar-refractivity contribution in [1.29, 1.82) is 0 Å². The highest BCUT2D eigenvalue weighted by Gasteiger charge is 2.22. The Hall–Kier alpha value is -3.99. The lowest BCUT2D eigenvalue weighted by Crippen LogP contribution is -2.14. The fraction of sp³-hybridized carbons (Fsp3) is 0.217. The van der Waals surface area contributed by atoms with Crippen LogP contribution in [0.4, 0.5) is 15.2 Å². The summed E-state index contributed by atoms with van der Waals surface area (Å²) in [7, 11) is 0. The molecule has 1 aliphatic carbocycles. The number of hydrogen-bond donors (Lipinski definition) is 1. The van der Waals surface area contributed by atoms with Crippen molar-refractivity contribution >= 4 is 44.7 Å². The van der Waals surface area contributed by atoms with Crippen LogP contribution in [-0.2, 0) is 0 Å². The topological polar surface area (TPSA) is 116 Å². The van der Waals surface area contributed by atoms with Crippen LogP contribution in [0.25, 0.3) is 22.3 Å². The summed E-state index contributed by atoms with van der Waals surface area (Å²) in [5.41, 5.74) is 2.05. The lowest BCUT2D eigenvalue weighted by atomic mass is 9.91. The third kappa shape index (κ3) is 4.17. The Kier molecular flexibility index (Phi) is 5.62. The number of benzene rings is 1. The molecule has 1 aromatic carbocycles. The second-order valence-electron chi connectivity index (χ2n) is 8.12. The van der Waals surface area contributed by atoms with Gasteiger partial charge in [-0.15, -0.1) is 0 Å². The molecule has 0 aliphatic heterocycles. The Bertz CT molecular complexity index is 1440. The molecular formula is C23H19FN6O3S. The Balaban J connectivity index is 1.59. The third-order valence-corrected chi connectivity index (χ3v) is 6.72. The summed E-state index contributed by atoms with van der Waals surface area (Å²) in [6.07, 6.45) is 6.37. The molecule has 5 rings (SSSR count). The van der Waals surface area contributed by atoms with Gasteiger partial charge in [0.05, 0.1) is 27.1 Å². The van der Waals surface area contributed by atoms with Crippen molar-refractivity contribution in [1.82, 2.24) is 19.7 Å². The Morgan fingerprint density at radius 3 is 2.71 bits per heavy atom. The molecule has 3 heterocycles. The molecule has 9 nitrogen and oxygen atoms in total. The zero-order valence-electron chi connectivity index (χ0n) is 18.1. The Morgan fingerprint density at radius 1 is 1.24 bits per heavy atom. The van der Waals surface area contributed by atoms with Gasteiger partial charge in [-0.1, -0.05) is 24.3 Å². The summed E-state index contributed by atoms with van der Waals surface area (Å²) in [6.45, 7) is 2.19. The van der Waals surface area contributed by atoms with Crippen molar-refractivity contribution in [2.24, 2.45) is 5.92 Å². The molecule has 1 unspecified atom stereocenters. The van der Waals surface area contributed by atoms with Crippen LogP contribution >= 0.6 is 11.3 Å². The van der Waals surface area contributed by atoms with Crippen LogP contribution in [0.1, 0.15) is 41.7 Å². The number of thiophene rings is 1.